The van der Waals surface area contributed by atoms with Crippen molar-refractivity contribution in [2.45, 2.75) is 30.4 Å². The largest absolute Gasteiger partial charge is 0.490 e. The summed E-state index contributed by atoms with van der Waals surface area (Å²) in [5, 5.41) is 1.10. The van der Waals surface area contributed by atoms with Crippen molar-refractivity contribution in [3.63, 3.8) is 0 Å². The van der Waals surface area contributed by atoms with Crippen molar-refractivity contribution < 1.29 is 17.9 Å². The van der Waals surface area contributed by atoms with E-state index in [0.29, 0.717) is 36.0 Å². The molecule has 0 spiro atoms. The van der Waals surface area contributed by atoms with Gasteiger partial charge in [-0.1, -0.05) is 18.2 Å². The topological polar surface area (TPSA) is 73.1 Å². The lowest BCUT2D eigenvalue weighted by atomic mass is 10.1. The Balaban J connectivity index is 1.29. The van der Waals surface area contributed by atoms with Crippen molar-refractivity contribution in [1.29, 1.82) is 0 Å². The van der Waals surface area contributed by atoms with Gasteiger partial charge in [-0.25, -0.2) is 0 Å². The second-order valence-corrected chi connectivity index (χ2v) is 9.45. The molecule has 1 fully saturated rings. The predicted octanol–water partition coefficient (Wildman–Crippen LogP) is 3.28. The van der Waals surface area contributed by atoms with Crippen LogP contribution in [0.5, 0.6) is 5.75 Å². The zero-order chi connectivity index (χ0) is 21.4. The molecule has 0 bridgehead atoms. The molecule has 0 amide bonds. The van der Waals surface area contributed by atoms with Crippen LogP contribution in [0, 0.1) is 0 Å². The summed E-state index contributed by atoms with van der Waals surface area (Å²) >= 11 is 0. The summed E-state index contributed by atoms with van der Waals surface area (Å²) < 4.78 is 42.5. The van der Waals surface area contributed by atoms with E-state index in [1.54, 1.807) is 19.2 Å². The van der Waals surface area contributed by atoms with Crippen molar-refractivity contribution in [3.05, 3.63) is 60.3 Å². The van der Waals surface area contributed by atoms with Gasteiger partial charge >= 0.3 is 0 Å². The Morgan fingerprint density at radius 3 is 2.68 bits per heavy atom. The molecule has 0 saturated carbocycles. The molecule has 7 nitrogen and oxygen atoms in total. The molecular formula is C23H25N3O4S. The zero-order valence-corrected chi connectivity index (χ0v) is 18.2. The van der Waals surface area contributed by atoms with Crippen LogP contribution in [0.15, 0.2) is 64.0 Å². The Bertz CT molecular complexity index is 1240. The van der Waals surface area contributed by atoms with Crippen molar-refractivity contribution in [3.8, 4) is 5.75 Å². The van der Waals surface area contributed by atoms with Crippen molar-refractivity contribution in [2.75, 3.05) is 26.8 Å². The van der Waals surface area contributed by atoms with E-state index in [2.05, 4.69) is 32.2 Å². The lowest BCUT2D eigenvalue weighted by Crippen LogP contribution is -2.41. The van der Waals surface area contributed by atoms with Crippen LogP contribution in [0.4, 0.5) is 0 Å². The van der Waals surface area contributed by atoms with Crippen LogP contribution in [-0.2, 0) is 21.3 Å². The first-order valence-electron chi connectivity index (χ1n) is 10.5. The van der Waals surface area contributed by atoms with Gasteiger partial charge in [0.25, 0.3) is 10.0 Å². The molecule has 3 heterocycles. The highest BCUT2D eigenvalue weighted by molar-refractivity contribution is 7.90. The SMILES string of the molecule is COCCn1ccc2c(OC3CCN(C4=NS(=O)(=O)c5ccccc54)CC3)cccc21. The fraction of sp³-hybridized carbons (Fsp3) is 0.348. The quantitative estimate of drug-likeness (QED) is 0.610. The van der Waals surface area contributed by atoms with Gasteiger partial charge in [-0.2, -0.15) is 8.42 Å². The third kappa shape index (κ3) is 3.70. The van der Waals surface area contributed by atoms with Gasteiger partial charge in [0.2, 0.25) is 0 Å². The van der Waals surface area contributed by atoms with E-state index < -0.39 is 10.0 Å². The number of amidine groups is 1. The Hall–Kier alpha value is -2.84. The van der Waals surface area contributed by atoms with E-state index in [9.17, 15) is 8.42 Å². The van der Waals surface area contributed by atoms with Crippen LogP contribution < -0.4 is 4.74 Å². The highest BCUT2D eigenvalue weighted by atomic mass is 32.2. The summed E-state index contributed by atoms with van der Waals surface area (Å²) in [5.41, 5.74) is 1.83. The van der Waals surface area contributed by atoms with Gasteiger partial charge in [-0.15, -0.1) is 4.40 Å². The van der Waals surface area contributed by atoms with E-state index in [-0.39, 0.29) is 6.10 Å². The number of piperidine rings is 1. The smallest absolute Gasteiger partial charge is 0.285 e. The molecule has 1 aromatic heterocycles. The molecule has 0 unspecified atom stereocenters. The molecule has 0 atom stereocenters. The van der Waals surface area contributed by atoms with E-state index >= 15 is 0 Å². The number of benzene rings is 2. The van der Waals surface area contributed by atoms with Crippen LogP contribution in [-0.4, -0.2) is 56.6 Å². The Morgan fingerprint density at radius 2 is 1.87 bits per heavy atom. The van der Waals surface area contributed by atoms with Crippen LogP contribution in [0.2, 0.25) is 0 Å². The fourth-order valence-corrected chi connectivity index (χ4v) is 5.59. The maximum absolute atomic E-state index is 12.4. The number of aromatic nitrogens is 1. The highest BCUT2D eigenvalue weighted by Gasteiger charge is 2.33. The van der Waals surface area contributed by atoms with Gasteiger partial charge < -0.3 is 18.9 Å². The average molecular weight is 440 g/mol. The van der Waals surface area contributed by atoms with E-state index in [0.717, 1.165) is 36.0 Å². The molecule has 0 radical (unpaired) electrons. The number of methoxy groups -OCH3 is 1. The fourth-order valence-electron chi connectivity index (χ4n) is 4.36. The Morgan fingerprint density at radius 1 is 1.06 bits per heavy atom. The standard InChI is InChI=1S/C23H25N3O4S/c1-29-16-15-25-14-11-18-20(25)6-4-7-21(18)30-17-9-12-26(13-10-17)23-19-5-2-3-8-22(19)31(27,28)24-23/h2-8,11,14,17H,9-10,12-13,15-16H2,1H3. The van der Waals surface area contributed by atoms with Gasteiger partial charge in [0.1, 0.15) is 16.7 Å². The van der Waals surface area contributed by atoms with Crippen LogP contribution in [0.3, 0.4) is 0 Å². The van der Waals surface area contributed by atoms with Gasteiger partial charge in [-0.05, 0) is 30.3 Å². The number of likely N-dealkylation sites (tertiary alicyclic amines) is 1. The number of hydrogen-bond donors (Lipinski definition) is 0. The molecule has 0 N–H and O–H groups in total. The van der Waals surface area contributed by atoms with E-state index in [1.807, 2.05) is 24.3 Å². The maximum Gasteiger partial charge on any atom is 0.285 e. The van der Waals surface area contributed by atoms with Gasteiger partial charge in [0.05, 0.1) is 12.1 Å². The Kier molecular flexibility index (Phi) is 5.19. The molecule has 162 valence electrons. The summed E-state index contributed by atoms with van der Waals surface area (Å²) in [6.07, 6.45) is 3.76. The summed E-state index contributed by atoms with van der Waals surface area (Å²) in [6.45, 7) is 2.88. The van der Waals surface area contributed by atoms with E-state index in [1.165, 1.54) is 0 Å². The number of rotatable bonds is 5. The molecule has 31 heavy (non-hydrogen) atoms. The first-order chi connectivity index (χ1) is 15.1. The summed E-state index contributed by atoms with van der Waals surface area (Å²) in [7, 11) is -1.89. The van der Waals surface area contributed by atoms with Crippen LogP contribution in [0.1, 0.15) is 18.4 Å². The van der Waals surface area contributed by atoms with Crippen molar-refractivity contribution >= 4 is 26.8 Å². The van der Waals surface area contributed by atoms with Gasteiger partial charge in [0.15, 0.2) is 5.84 Å². The number of fused-ring (bicyclic) bond motifs is 2. The molecule has 8 heteroatoms. The minimum atomic E-state index is -3.59. The van der Waals surface area contributed by atoms with Gasteiger partial charge in [-0.3, -0.25) is 0 Å². The number of nitrogens with zero attached hydrogens (tertiary/aromatic N) is 3. The molecule has 0 aliphatic carbocycles. The predicted molar refractivity (Wildman–Crippen MR) is 119 cm³/mol. The van der Waals surface area contributed by atoms with Gasteiger partial charge in [0, 0.05) is 56.7 Å². The molecule has 2 aliphatic heterocycles. The maximum atomic E-state index is 12.4. The second kappa shape index (κ2) is 8.01. The van der Waals surface area contributed by atoms with Crippen molar-refractivity contribution in [2.24, 2.45) is 4.40 Å². The lowest BCUT2D eigenvalue weighted by Gasteiger charge is -2.33. The molecule has 3 aromatic rings. The zero-order valence-electron chi connectivity index (χ0n) is 17.4. The number of sulfonamides is 1. The second-order valence-electron chi connectivity index (χ2n) is 7.88. The first-order valence-corrected chi connectivity index (χ1v) is 11.9. The van der Waals surface area contributed by atoms with E-state index in [4.69, 9.17) is 9.47 Å². The molecule has 1 saturated heterocycles. The molecule has 2 aliphatic rings. The lowest BCUT2D eigenvalue weighted by molar-refractivity contribution is 0.133. The van der Waals surface area contributed by atoms with Crippen molar-refractivity contribution in [1.82, 2.24) is 9.47 Å². The first kappa shape index (κ1) is 20.1. The molecule has 2 aromatic carbocycles. The monoisotopic (exact) mass is 439 g/mol. The Labute approximate surface area is 182 Å². The van der Waals surface area contributed by atoms with Crippen LogP contribution in [0.25, 0.3) is 10.9 Å². The third-order valence-corrected chi connectivity index (χ3v) is 7.28. The summed E-state index contributed by atoms with van der Waals surface area (Å²) in [5.74, 6) is 1.45. The number of hydrogen-bond acceptors (Lipinski definition) is 5. The number of ether oxygens (including phenoxy) is 2. The average Bonchev–Trinajstić information content (AvgIpc) is 3.32. The third-order valence-electron chi connectivity index (χ3n) is 5.96. The minimum absolute atomic E-state index is 0.0815. The van der Waals surface area contributed by atoms with Crippen LogP contribution >= 0.6 is 0 Å². The minimum Gasteiger partial charge on any atom is -0.490 e. The summed E-state index contributed by atoms with van der Waals surface area (Å²) in [6, 6.07) is 15.3. The summed E-state index contributed by atoms with van der Waals surface area (Å²) in [4.78, 5) is 2.36. The normalized spacial score (nSPS) is 18.2. The molecule has 5 rings (SSSR count). The highest BCUT2D eigenvalue weighted by Crippen LogP contribution is 2.31. The molecular weight excluding hydrogens is 414 g/mol.